The summed E-state index contributed by atoms with van der Waals surface area (Å²) in [7, 11) is 0. The van der Waals surface area contributed by atoms with Gasteiger partial charge in [0.15, 0.2) is 11.0 Å². The van der Waals surface area contributed by atoms with Crippen molar-refractivity contribution in [2.45, 2.75) is 36.1 Å². The van der Waals surface area contributed by atoms with Crippen molar-refractivity contribution in [3.63, 3.8) is 0 Å². The van der Waals surface area contributed by atoms with Crippen molar-refractivity contribution in [2.24, 2.45) is 0 Å². The molecule has 0 spiro atoms. The zero-order chi connectivity index (χ0) is 17.9. The number of carbonyl (C=O) groups is 1. The summed E-state index contributed by atoms with van der Waals surface area (Å²) in [5.74, 6) is 1.07. The number of ketones is 1. The third-order valence-electron chi connectivity index (χ3n) is 4.50. The minimum atomic E-state index is -0.0338. The number of hydrogen-bond donors (Lipinski definition) is 0. The number of para-hydroxylation sites is 1. The average molecular weight is 384 g/mol. The van der Waals surface area contributed by atoms with Crippen molar-refractivity contribution >= 4 is 29.1 Å². The first-order valence-electron chi connectivity index (χ1n) is 8.68. The number of carbonyl (C=O) groups excluding carboxylic acids is 1. The molecule has 1 aliphatic rings. The van der Waals surface area contributed by atoms with Crippen LogP contribution in [0.25, 0.3) is 17.1 Å². The van der Waals surface area contributed by atoms with Gasteiger partial charge in [0.2, 0.25) is 0 Å². The molecular formula is C20H18ClN3OS. The van der Waals surface area contributed by atoms with E-state index in [0.717, 1.165) is 41.5 Å². The second-order valence-electron chi connectivity index (χ2n) is 6.30. The van der Waals surface area contributed by atoms with Crippen molar-refractivity contribution in [3.8, 4) is 17.1 Å². The lowest BCUT2D eigenvalue weighted by molar-refractivity contribution is -0.119. The van der Waals surface area contributed by atoms with Crippen LogP contribution in [0.4, 0.5) is 0 Å². The van der Waals surface area contributed by atoms with E-state index in [1.165, 1.54) is 11.8 Å². The molecule has 0 unspecified atom stereocenters. The molecule has 0 radical (unpaired) electrons. The van der Waals surface area contributed by atoms with Crippen LogP contribution in [0.5, 0.6) is 0 Å². The van der Waals surface area contributed by atoms with Gasteiger partial charge in [-0.3, -0.25) is 9.36 Å². The van der Waals surface area contributed by atoms with Crippen LogP contribution in [0, 0.1) is 0 Å². The predicted octanol–water partition coefficient (Wildman–Crippen LogP) is 5.19. The quantitative estimate of drug-likeness (QED) is 0.621. The second-order valence-corrected chi connectivity index (χ2v) is 7.91. The van der Waals surface area contributed by atoms with E-state index in [-0.39, 0.29) is 5.25 Å². The molecule has 26 heavy (non-hydrogen) atoms. The summed E-state index contributed by atoms with van der Waals surface area (Å²) < 4.78 is 2.02. The highest BCUT2D eigenvalue weighted by molar-refractivity contribution is 8.00. The molecule has 1 atom stereocenters. The number of nitrogens with zero attached hydrogens (tertiary/aromatic N) is 3. The summed E-state index contributed by atoms with van der Waals surface area (Å²) in [6, 6.07) is 17.6. The monoisotopic (exact) mass is 383 g/mol. The van der Waals surface area contributed by atoms with E-state index in [0.29, 0.717) is 17.2 Å². The second kappa shape index (κ2) is 7.64. The summed E-state index contributed by atoms with van der Waals surface area (Å²) in [5.41, 5.74) is 1.92. The van der Waals surface area contributed by atoms with Crippen LogP contribution in [0.15, 0.2) is 59.8 Å². The zero-order valence-electron chi connectivity index (χ0n) is 14.1. The predicted molar refractivity (Wildman–Crippen MR) is 105 cm³/mol. The molecule has 132 valence electrons. The third kappa shape index (κ3) is 3.55. The summed E-state index contributed by atoms with van der Waals surface area (Å²) in [6.45, 7) is 0. The summed E-state index contributed by atoms with van der Waals surface area (Å²) >= 11 is 7.55. The van der Waals surface area contributed by atoms with Crippen LogP contribution < -0.4 is 0 Å². The van der Waals surface area contributed by atoms with Gasteiger partial charge in [-0.05, 0) is 49.2 Å². The van der Waals surface area contributed by atoms with Gasteiger partial charge in [-0.25, -0.2) is 0 Å². The van der Waals surface area contributed by atoms with Gasteiger partial charge in [0.1, 0.15) is 5.78 Å². The first-order valence-corrected chi connectivity index (χ1v) is 9.94. The van der Waals surface area contributed by atoms with Crippen molar-refractivity contribution in [1.82, 2.24) is 14.8 Å². The molecular weight excluding hydrogens is 366 g/mol. The molecule has 1 fully saturated rings. The number of hydrogen-bond acceptors (Lipinski definition) is 4. The third-order valence-corrected chi connectivity index (χ3v) is 6.01. The number of benzene rings is 2. The normalized spacial score (nSPS) is 17.4. The van der Waals surface area contributed by atoms with E-state index in [1.807, 2.05) is 59.2 Å². The molecule has 1 aromatic heterocycles. The van der Waals surface area contributed by atoms with Gasteiger partial charge in [-0.15, -0.1) is 10.2 Å². The summed E-state index contributed by atoms with van der Waals surface area (Å²) in [6.07, 6.45) is 3.66. The molecule has 1 saturated carbocycles. The largest absolute Gasteiger partial charge is 0.298 e. The maximum atomic E-state index is 12.3. The van der Waals surface area contributed by atoms with Gasteiger partial charge in [-0.1, -0.05) is 48.0 Å². The fourth-order valence-corrected chi connectivity index (χ4v) is 4.44. The number of halogens is 1. The maximum absolute atomic E-state index is 12.3. The van der Waals surface area contributed by atoms with Crippen molar-refractivity contribution in [2.75, 3.05) is 0 Å². The van der Waals surface area contributed by atoms with E-state index >= 15 is 0 Å². The van der Waals surface area contributed by atoms with E-state index in [2.05, 4.69) is 10.2 Å². The van der Waals surface area contributed by atoms with Gasteiger partial charge in [0, 0.05) is 22.7 Å². The minimum Gasteiger partial charge on any atom is -0.298 e. The lowest BCUT2D eigenvalue weighted by atomic mass is 9.99. The van der Waals surface area contributed by atoms with E-state index in [4.69, 9.17) is 11.6 Å². The molecule has 0 aliphatic heterocycles. The molecule has 6 heteroatoms. The van der Waals surface area contributed by atoms with E-state index < -0.39 is 0 Å². The molecule has 4 nitrogen and oxygen atoms in total. The Morgan fingerprint density at radius 3 is 2.50 bits per heavy atom. The zero-order valence-corrected chi connectivity index (χ0v) is 15.7. The van der Waals surface area contributed by atoms with Crippen molar-refractivity contribution in [3.05, 3.63) is 59.6 Å². The SMILES string of the molecule is O=C1CCCC[C@@H]1Sc1nnc(-c2ccc(Cl)cc2)n1-c1ccccc1. The van der Waals surface area contributed by atoms with E-state index in [9.17, 15) is 4.79 Å². The molecule has 0 amide bonds. The molecule has 0 bridgehead atoms. The first-order chi connectivity index (χ1) is 12.7. The minimum absolute atomic E-state index is 0.0338. The number of rotatable bonds is 4. The van der Waals surface area contributed by atoms with Crippen LogP contribution in [0.2, 0.25) is 5.02 Å². The Hall–Kier alpha value is -2.11. The topological polar surface area (TPSA) is 47.8 Å². The lowest BCUT2D eigenvalue weighted by Crippen LogP contribution is -2.21. The highest BCUT2D eigenvalue weighted by Gasteiger charge is 2.26. The van der Waals surface area contributed by atoms with Gasteiger partial charge in [0.25, 0.3) is 0 Å². The molecule has 0 N–H and O–H groups in total. The Labute approximate surface area is 161 Å². The smallest absolute Gasteiger partial charge is 0.196 e. The standard InChI is InChI=1S/C20H18ClN3OS/c21-15-12-10-14(11-13-15)19-22-23-20(24(19)16-6-2-1-3-7-16)26-18-9-5-4-8-17(18)25/h1-3,6-7,10-13,18H,4-5,8-9H2/t18-/m0/s1. The number of thioether (sulfide) groups is 1. The van der Waals surface area contributed by atoms with Crippen molar-refractivity contribution in [1.29, 1.82) is 0 Å². The molecule has 1 heterocycles. The summed E-state index contributed by atoms with van der Waals surface area (Å²) in [4.78, 5) is 12.3. The molecule has 4 rings (SSSR count). The highest BCUT2D eigenvalue weighted by Crippen LogP contribution is 2.34. The van der Waals surface area contributed by atoms with Crippen LogP contribution >= 0.6 is 23.4 Å². The van der Waals surface area contributed by atoms with Crippen LogP contribution in [-0.4, -0.2) is 25.8 Å². The van der Waals surface area contributed by atoms with Gasteiger partial charge < -0.3 is 0 Å². The Morgan fingerprint density at radius 2 is 1.77 bits per heavy atom. The fourth-order valence-electron chi connectivity index (χ4n) is 3.14. The van der Waals surface area contributed by atoms with Gasteiger partial charge >= 0.3 is 0 Å². The maximum Gasteiger partial charge on any atom is 0.196 e. The molecule has 3 aromatic rings. The molecule has 2 aromatic carbocycles. The molecule has 1 aliphatic carbocycles. The van der Waals surface area contributed by atoms with Gasteiger partial charge in [-0.2, -0.15) is 0 Å². The van der Waals surface area contributed by atoms with E-state index in [1.54, 1.807) is 0 Å². The highest BCUT2D eigenvalue weighted by atomic mass is 35.5. The fraction of sp³-hybridized carbons (Fsp3) is 0.250. The van der Waals surface area contributed by atoms with Crippen LogP contribution in [0.3, 0.4) is 0 Å². The first kappa shape index (κ1) is 17.3. The van der Waals surface area contributed by atoms with Crippen LogP contribution in [0.1, 0.15) is 25.7 Å². The number of Topliss-reactive ketones (excluding diaryl/α,β-unsaturated/α-hetero) is 1. The van der Waals surface area contributed by atoms with Gasteiger partial charge in [0.05, 0.1) is 5.25 Å². The average Bonchev–Trinajstić information content (AvgIpc) is 3.08. The van der Waals surface area contributed by atoms with Crippen LogP contribution in [-0.2, 0) is 4.79 Å². The summed E-state index contributed by atoms with van der Waals surface area (Å²) in [5, 5.41) is 10.2. The number of aromatic nitrogens is 3. The molecule has 0 saturated heterocycles. The lowest BCUT2D eigenvalue weighted by Gasteiger charge is -2.19. The Balaban J connectivity index is 1.77. The Kier molecular flexibility index (Phi) is 5.09. The Morgan fingerprint density at radius 1 is 1.00 bits per heavy atom. The Bertz CT molecular complexity index is 909. The van der Waals surface area contributed by atoms with Crippen molar-refractivity contribution < 1.29 is 4.79 Å².